The van der Waals surface area contributed by atoms with E-state index in [1.807, 2.05) is 79.8 Å². The van der Waals surface area contributed by atoms with Gasteiger partial charge in [0.25, 0.3) is 0 Å². The van der Waals surface area contributed by atoms with Crippen molar-refractivity contribution in [2.24, 2.45) is 0 Å². The molecule has 0 saturated carbocycles. The van der Waals surface area contributed by atoms with Crippen LogP contribution in [0.4, 0.5) is 0 Å². The molecule has 0 aliphatic heterocycles. The first-order chi connectivity index (χ1) is 14.6. The molecule has 0 radical (unpaired) electrons. The Bertz CT molecular complexity index is 908. The maximum Gasteiger partial charge on any atom is 0.234 e. The van der Waals surface area contributed by atoms with Crippen molar-refractivity contribution < 1.29 is 19.0 Å². The van der Waals surface area contributed by atoms with Gasteiger partial charge in [0.05, 0.1) is 27.2 Å². The van der Waals surface area contributed by atoms with Crippen molar-refractivity contribution in [3.05, 3.63) is 89.5 Å². The first-order valence-corrected chi connectivity index (χ1v) is 9.72. The molecular formula is C25H27NO4. The number of hydrogen-bond acceptors (Lipinski definition) is 4. The molecule has 1 amide bonds. The van der Waals surface area contributed by atoms with Crippen LogP contribution in [-0.2, 0) is 11.3 Å². The monoisotopic (exact) mass is 405 g/mol. The van der Waals surface area contributed by atoms with E-state index in [0.29, 0.717) is 23.8 Å². The average molecular weight is 405 g/mol. The Morgan fingerprint density at radius 2 is 1.27 bits per heavy atom. The summed E-state index contributed by atoms with van der Waals surface area (Å²) >= 11 is 0. The molecule has 3 rings (SSSR count). The van der Waals surface area contributed by atoms with Crippen LogP contribution in [0.15, 0.2) is 72.8 Å². The molecule has 0 aromatic heterocycles. The largest absolute Gasteiger partial charge is 0.493 e. The summed E-state index contributed by atoms with van der Waals surface area (Å²) < 4.78 is 16.3. The molecule has 0 spiro atoms. The van der Waals surface area contributed by atoms with Crippen molar-refractivity contribution in [3.8, 4) is 17.2 Å². The van der Waals surface area contributed by atoms with E-state index < -0.39 is 0 Å². The highest BCUT2D eigenvalue weighted by molar-refractivity contribution is 5.87. The van der Waals surface area contributed by atoms with Crippen molar-refractivity contribution in [2.45, 2.75) is 12.5 Å². The number of nitrogens with zero attached hydrogens (tertiary/aromatic N) is 1. The number of benzene rings is 3. The highest BCUT2D eigenvalue weighted by Crippen LogP contribution is 2.38. The second-order valence-corrected chi connectivity index (χ2v) is 6.98. The maximum absolute atomic E-state index is 13.5. The lowest BCUT2D eigenvalue weighted by Gasteiger charge is -2.25. The van der Waals surface area contributed by atoms with Crippen LogP contribution in [0.1, 0.15) is 22.6 Å². The number of ether oxygens (including phenoxy) is 3. The Kier molecular flexibility index (Phi) is 6.96. The van der Waals surface area contributed by atoms with Gasteiger partial charge in [0.2, 0.25) is 11.7 Å². The Hall–Kier alpha value is -3.47. The van der Waals surface area contributed by atoms with Gasteiger partial charge in [-0.05, 0) is 28.8 Å². The van der Waals surface area contributed by atoms with Crippen LogP contribution in [0, 0.1) is 0 Å². The van der Waals surface area contributed by atoms with Crippen molar-refractivity contribution in [1.29, 1.82) is 0 Å². The molecule has 0 unspecified atom stereocenters. The van der Waals surface area contributed by atoms with E-state index in [1.54, 1.807) is 26.2 Å². The predicted molar refractivity (Wildman–Crippen MR) is 117 cm³/mol. The molecule has 5 heteroatoms. The number of methoxy groups -OCH3 is 3. The fourth-order valence-corrected chi connectivity index (χ4v) is 3.57. The van der Waals surface area contributed by atoms with Gasteiger partial charge in [0.15, 0.2) is 11.5 Å². The third-order valence-corrected chi connectivity index (χ3v) is 5.03. The number of amides is 1. The summed E-state index contributed by atoms with van der Waals surface area (Å²) in [5, 5.41) is 0. The average Bonchev–Trinajstić information content (AvgIpc) is 2.79. The van der Waals surface area contributed by atoms with Crippen molar-refractivity contribution in [1.82, 2.24) is 4.90 Å². The molecule has 0 atom stereocenters. The molecule has 0 bridgehead atoms. The molecule has 0 heterocycles. The standard InChI is InChI=1S/C25H27NO4/c1-26(17-18-15-21(28-2)24(30-4)22(16-18)29-3)25(27)23(19-11-7-5-8-12-19)20-13-9-6-10-14-20/h5-16,23H,17H2,1-4H3. The number of rotatable bonds is 8. The Morgan fingerprint density at radius 3 is 1.67 bits per heavy atom. The lowest BCUT2D eigenvalue weighted by atomic mass is 9.90. The summed E-state index contributed by atoms with van der Waals surface area (Å²) in [5.74, 6) is 1.30. The minimum atomic E-state index is -0.376. The van der Waals surface area contributed by atoms with Gasteiger partial charge in [0.1, 0.15) is 0 Å². The second-order valence-electron chi connectivity index (χ2n) is 6.98. The van der Waals surface area contributed by atoms with Crippen LogP contribution in [0.2, 0.25) is 0 Å². The molecule has 3 aromatic rings. The fourth-order valence-electron chi connectivity index (χ4n) is 3.57. The number of carbonyl (C=O) groups excluding carboxylic acids is 1. The highest BCUT2D eigenvalue weighted by Gasteiger charge is 2.26. The zero-order valence-electron chi connectivity index (χ0n) is 17.8. The van der Waals surface area contributed by atoms with Crippen LogP contribution in [0.5, 0.6) is 17.2 Å². The van der Waals surface area contributed by atoms with E-state index in [9.17, 15) is 4.79 Å². The summed E-state index contributed by atoms with van der Waals surface area (Å²) in [4.78, 5) is 15.2. The minimum Gasteiger partial charge on any atom is -0.493 e. The van der Waals surface area contributed by atoms with E-state index in [4.69, 9.17) is 14.2 Å². The molecule has 5 nitrogen and oxygen atoms in total. The summed E-state index contributed by atoms with van der Waals surface area (Å²) in [5.41, 5.74) is 2.82. The van der Waals surface area contributed by atoms with Crippen molar-refractivity contribution in [3.63, 3.8) is 0 Å². The second kappa shape index (κ2) is 9.83. The van der Waals surface area contributed by atoms with Gasteiger partial charge in [-0.1, -0.05) is 60.7 Å². The lowest BCUT2D eigenvalue weighted by Crippen LogP contribution is -2.32. The van der Waals surface area contributed by atoms with Gasteiger partial charge in [-0.3, -0.25) is 4.79 Å². The van der Waals surface area contributed by atoms with Gasteiger partial charge in [-0.25, -0.2) is 0 Å². The smallest absolute Gasteiger partial charge is 0.234 e. The Morgan fingerprint density at radius 1 is 0.800 bits per heavy atom. The van der Waals surface area contributed by atoms with E-state index in [0.717, 1.165) is 16.7 Å². The molecule has 0 fully saturated rings. The third kappa shape index (κ3) is 4.57. The predicted octanol–water partition coefficient (Wildman–Crippen LogP) is 4.50. The first-order valence-electron chi connectivity index (χ1n) is 9.72. The van der Waals surface area contributed by atoms with Gasteiger partial charge < -0.3 is 19.1 Å². The summed E-state index contributed by atoms with van der Waals surface area (Å²) in [7, 11) is 6.54. The SMILES string of the molecule is COc1cc(CN(C)C(=O)C(c2ccccc2)c2ccccc2)cc(OC)c1OC. The summed E-state index contributed by atoms with van der Waals surface area (Å²) in [6.45, 7) is 0.408. The Balaban J connectivity index is 1.91. The lowest BCUT2D eigenvalue weighted by molar-refractivity contribution is -0.131. The zero-order chi connectivity index (χ0) is 21.5. The van der Waals surface area contributed by atoms with Gasteiger partial charge in [0, 0.05) is 13.6 Å². The molecule has 30 heavy (non-hydrogen) atoms. The molecule has 156 valence electrons. The van der Waals surface area contributed by atoms with Gasteiger partial charge >= 0.3 is 0 Å². The van der Waals surface area contributed by atoms with E-state index in [1.165, 1.54) is 0 Å². The molecule has 0 saturated heterocycles. The van der Waals surface area contributed by atoms with Crippen molar-refractivity contribution in [2.75, 3.05) is 28.4 Å². The zero-order valence-corrected chi connectivity index (χ0v) is 17.8. The van der Waals surface area contributed by atoms with Crippen molar-refractivity contribution >= 4 is 5.91 Å². The third-order valence-electron chi connectivity index (χ3n) is 5.03. The molecule has 0 N–H and O–H groups in total. The van der Waals surface area contributed by atoms with Crippen LogP contribution < -0.4 is 14.2 Å². The molecule has 0 aliphatic carbocycles. The van der Waals surface area contributed by atoms with Crippen LogP contribution in [-0.4, -0.2) is 39.2 Å². The topological polar surface area (TPSA) is 48.0 Å². The van der Waals surface area contributed by atoms with Crippen LogP contribution in [0.3, 0.4) is 0 Å². The van der Waals surface area contributed by atoms with Crippen LogP contribution >= 0.6 is 0 Å². The first kappa shape index (κ1) is 21.2. The number of likely N-dealkylation sites (N-methyl/N-ethyl adjacent to an activating group) is 1. The normalized spacial score (nSPS) is 10.6. The number of carbonyl (C=O) groups is 1. The van der Waals surface area contributed by atoms with Gasteiger partial charge in [-0.15, -0.1) is 0 Å². The summed E-state index contributed by atoms with van der Waals surface area (Å²) in [6.07, 6.45) is 0. The molecule has 0 aliphatic rings. The molecule has 3 aromatic carbocycles. The minimum absolute atomic E-state index is 0.0150. The van der Waals surface area contributed by atoms with E-state index in [2.05, 4.69) is 0 Å². The van der Waals surface area contributed by atoms with E-state index >= 15 is 0 Å². The van der Waals surface area contributed by atoms with Crippen LogP contribution in [0.25, 0.3) is 0 Å². The molecular weight excluding hydrogens is 378 g/mol. The fraction of sp³-hybridized carbons (Fsp3) is 0.240. The quantitative estimate of drug-likeness (QED) is 0.554. The van der Waals surface area contributed by atoms with E-state index in [-0.39, 0.29) is 11.8 Å². The van der Waals surface area contributed by atoms with Gasteiger partial charge in [-0.2, -0.15) is 0 Å². The highest BCUT2D eigenvalue weighted by atomic mass is 16.5. The summed E-state index contributed by atoms with van der Waals surface area (Å²) in [6, 6.07) is 23.4. The number of hydrogen-bond donors (Lipinski definition) is 0. The Labute approximate surface area is 177 Å². The maximum atomic E-state index is 13.5.